The molecule has 0 N–H and O–H groups in total. The van der Waals surface area contributed by atoms with Crippen molar-refractivity contribution < 1.29 is 4.52 Å². The lowest BCUT2D eigenvalue weighted by Gasteiger charge is -1.98. The first-order valence-corrected chi connectivity index (χ1v) is 5.54. The molecule has 2 aromatic heterocycles. The van der Waals surface area contributed by atoms with E-state index in [1.807, 2.05) is 31.2 Å². The third-order valence-corrected chi connectivity index (χ3v) is 2.62. The maximum Gasteiger partial charge on any atom is 0.248 e. The molecule has 0 unspecified atom stereocenters. The molecule has 0 fully saturated rings. The van der Waals surface area contributed by atoms with E-state index < -0.39 is 0 Å². The number of aryl methyl sites for hydroxylation is 1. The van der Waals surface area contributed by atoms with Gasteiger partial charge >= 0.3 is 0 Å². The maximum atomic E-state index is 5.20. The standard InChI is InChI=1S/C12H11N5O/c1-9-4-2-3-5-10(9)12-15-11(18-16-12)6-17-8-13-7-14-17/h2-5,7-8H,6H2,1H3. The van der Waals surface area contributed by atoms with Crippen LogP contribution in [0.1, 0.15) is 11.5 Å². The Kier molecular flexibility index (Phi) is 2.60. The summed E-state index contributed by atoms with van der Waals surface area (Å²) in [5.41, 5.74) is 2.09. The highest BCUT2D eigenvalue weighted by Crippen LogP contribution is 2.19. The van der Waals surface area contributed by atoms with Crippen molar-refractivity contribution in [2.45, 2.75) is 13.5 Å². The van der Waals surface area contributed by atoms with Gasteiger partial charge in [-0.05, 0) is 12.5 Å². The van der Waals surface area contributed by atoms with E-state index in [1.54, 1.807) is 11.0 Å². The summed E-state index contributed by atoms with van der Waals surface area (Å²) in [4.78, 5) is 8.21. The van der Waals surface area contributed by atoms with Gasteiger partial charge in [0.25, 0.3) is 0 Å². The third kappa shape index (κ3) is 2.00. The summed E-state index contributed by atoms with van der Waals surface area (Å²) in [6.45, 7) is 2.45. The Morgan fingerprint density at radius 2 is 2.17 bits per heavy atom. The fourth-order valence-electron chi connectivity index (χ4n) is 1.71. The van der Waals surface area contributed by atoms with Crippen LogP contribution in [0.2, 0.25) is 0 Å². The molecule has 0 aliphatic rings. The van der Waals surface area contributed by atoms with E-state index in [4.69, 9.17) is 4.52 Å². The van der Waals surface area contributed by atoms with Gasteiger partial charge in [-0.2, -0.15) is 10.1 Å². The predicted octanol–water partition coefficient (Wildman–Crippen LogP) is 1.68. The van der Waals surface area contributed by atoms with E-state index in [2.05, 4.69) is 20.2 Å². The molecule has 0 saturated carbocycles. The van der Waals surface area contributed by atoms with Gasteiger partial charge in [0.15, 0.2) is 0 Å². The Labute approximate surface area is 103 Å². The largest absolute Gasteiger partial charge is 0.337 e. The minimum absolute atomic E-state index is 0.429. The summed E-state index contributed by atoms with van der Waals surface area (Å²) in [5.74, 6) is 1.11. The second kappa shape index (κ2) is 4.40. The van der Waals surface area contributed by atoms with Crippen molar-refractivity contribution in [3.8, 4) is 11.4 Å². The molecule has 1 aromatic carbocycles. The highest BCUT2D eigenvalue weighted by Gasteiger charge is 2.10. The first-order chi connectivity index (χ1) is 8.83. The smallest absolute Gasteiger partial charge is 0.248 e. The normalized spacial score (nSPS) is 10.7. The molecule has 0 bridgehead atoms. The van der Waals surface area contributed by atoms with Gasteiger partial charge in [0.1, 0.15) is 19.2 Å². The zero-order valence-electron chi connectivity index (χ0n) is 9.82. The molecule has 3 aromatic rings. The van der Waals surface area contributed by atoms with Crippen LogP contribution in [-0.2, 0) is 6.54 Å². The lowest BCUT2D eigenvalue weighted by Crippen LogP contribution is -2.00. The first kappa shape index (κ1) is 10.6. The molecular weight excluding hydrogens is 230 g/mol. The van der Waals surface area contributed by atoms with Gasteiger partial charge in [-0.15, -0.1) is 0 Å². The summed E-state index contributed by atoms with van der Waals surface area (Å²) < 4.78 is 6.83. The van der Waals surface area contributed by atoms with Crippen molar-refractivity contribution in [2.24, 2.45) is 0 Å². The van der Waals surface area contributed by atoms with Crippen molar-refractivity contribution in [3.05, 3.63) is 48.4 Å². The van der Waals surface area contributed by atoms with Crippen LogP contribution < -0.4 is 0 Å². The molecule has 0 spiro atoms. The molecular formula is C12H11N5O. The van der Waals surface area contributed by atoms with E-state index in [0.717, 1.165) is 11.1 Å². The van der Waals surface area contributed by atoms with Crippen molar-refractivity contribution in [2.75, 3.05) is 0 Å². The van der Waals surface area contributed by atoms with Gasteiger partial charge in [-0.3, -0.25) is 0 Å². The lowest BCUT2D eigenvalue weighted by molar-refractivity contribution is 0.366. The minimum atomic E-state index is 0.429. The first-order valence-electron chi connectivity index (χ1n) is 5.54. The van der Waals surface area contributed by atoms with Crippen LogP contribution in [0.5, 0.6) is 0 Å². The van der Waals surface area contributed by atoms with E-state index >= 15 is 0 Å². The van der Waals surface area contributed by atoms with Crippen LogP contribution in [0.15, 0.2) is 41.4 Å². The second-order valence-electron chi connectivity index (χ2n) is 3.92. The van der Waals surface area contributed by atoms with Crippen molar-refractivity contribution in [1.82, 2.24) is 24.9 Å². The molecule has 2 heterocycles. The number of hydrogen-bond donors (Lipinski definition) is 0. The molecule has 0 radical (unpaired) electrons. The van der Waals surface area contributed by atoms with E-state index in [-0.39, 0.29) is 0 Å². The Balaban J connectivity index is 1.88. The summed E-state index contributed by atoms with van der Waals surface area (Å²) in [7, 11) is 0. The molecule has 6 heteroatoms. The van der Waals surface area contributed by atoms with Crippen LogP contribution in [-0.4, -0.2) is 24.9 Å². The Bertz CT molecular complexity index is 644. The van der Waals surface area contributed by atoms with Gasteiger partial charge in [0.2, 0.25) is 11.7 Å². The van der Waals surface area contributed by atoms with Crippen molar-refractivity contribution in [3.63, 3.8) is 0 Å². The number of hydrogen-bond acceptors (Lipinski definition) is 5. The van der Waals surface area contributed by atoms with Crippen LogP contribution >= 0.6 is 0 Å². The van der Waals surface area contributed by atoms with Gasteiger partial charge in [0.05, 0.1) is 0 Å². The zero-order chi connectivity index (χ0) is 12.4. The molecule has 0 amide bonds. The Morgan fingerprint density at radius 3 is 2.94 bits per heavy atom. The van der Waals surface area contributed by atoms with Gasteiger partial charge in [-0.25, -0.2) is 9.67 Å². The molecule has 0 aliphatic carbocycles. The minimum Gasteiger partial charge on any atom is -0.337 e. The number of nitrogens with zero attached hydrogens (tertiary/aromatic N) is 5. The molecule has 0 aliphatic heterocycles. The number of aromatic nitrogens is 5. The molecule has 6 nitrogen and oxygen atoms in total. The second-order valence-corrected chi connectivity index (χ2v) is 3.92. The fourth-order valence-corrected chi connectivity index (χ4v) is 1.71. The Hall–Kier alpha value is -2.50. The van der Waals surface area contributed by atoms with Crippen molar-refractivity contribution >= 4 is 0 Å². The van der Waals surface area contributed by atoms with E-state index in [0.29, 0.717) is 18.3 Å². The highest BCUT2D eigenvalue weighted by molar-refractivity contribution is 5.58. The van der Waals surface area contributed by atoms with E-state index in [1.165, 1.54) is 6.33 Å². The molecule has 0 atom stereocenters. The van der Waals surface area contributed by atoms with Crippen LogP contribution in [0.3, 0.4) is 0 Å². The molecule has 90 valence electrons. The predicted molar refractivity (Wildman–Crippen MR) is 63.6 cm³/mol. The maximum absolute atomic E-state index is 5.20. The third-order valence-electron chi connectivity index (χ3n) is 2.62. The summed E-state index contributed by atoms with van der Waals surface area (Å²) in [5, 5.41) is 7.97. The summed E-state index contributed by atoms with van der Waals surface area (Å²) >= 11 is 0. The topological polar surface area (TPSA) is 69.6 Å². The van der Waals surface area contributed by atoms with Crippen molar-refractivity contribution in [1.29, 1.82) is 0 Å². The molecule has 3 rings (SSSR count). The average molecular weight is 241 g/mol. The Morgan fingerprint density at radius 1 is 1.28 bits per heavy atom. The summed E-state index contributed by atoms with van der Waals surface area (Å²) in [6.07, 6.45) is 3.08. The van der Waals surface area contributed by atoms with Crippen LogP contribution in [0, 0.1) is 6.92 Å². The SMILES string of the molecule is Cc1ccccc1-c1noc(Cn2cncn2)n1. The number of rotatable bonds is 3. The zero-order valence-corrected chi connectivity index (χ0v) is 9.82. The molecule has 0 saturated heterocycles. The van der Waals surface area contributed by atoms with Gasteiger partial charge in [-0.1, -0.05) is 29.4 Å². The van der Waals surface area contributed by atoms with Crippen LogP contribution in [0.4, 0.5) is 0 Å². The van der Waals surface area contributed by atoms with Gasteiger partial charge < -0.3 is 4.52 Å². The summed E-state index contributed by atoms with van der Waals surface area (Å²) in [6, 6.07) is 7.92. The number of benzene rings is 1. The van der Waals surface area contributed by atoms with Crippen LogP contribution in [0.25, 0.3) is 11.4 Å². The van der Waals surface area contributed by atoms with E-state index in [9.17, 15) is 0 Å². The lowest BCUT2D eigenvalue weighted by atomic mass is 10.1. The highest BCUT2D eigenvalue weighted by atomic mass is 16.5. The quantitative estimate of drug-likeness (QED) is 0.697. The average Bonchev–Trinajstić information content (AvgIpc) is 3.02. The monoisotopic (exact) mass is 241 g/mol. The fraction of sp³-hybridized carbons (Fsp3) is 0.167. The van der Waals surface area contributed by atoms with Gasteiger partial charge in [0, 0.05) is 5.56 Å². The molecule has 18 heavy (non-hydrogen) atoms.